The summed E-state index contributed by atoms with van der Waals surface area (Å²) in [5.74, 6) is -0.299. The Labute approximate surface area is 111 Å². The van der Waals surface area contributed by atoms with Crippen LogP contribution in [-0.4, -0.2) is 24.2 Å². The highest BCUT2D eigenvalue weighted by Gasteiger charge is 2.20. The van der Waals surface area contributed by atoms with Crippen molar-refractivity contribution in [2.24, 2.45) is 0 Å². The van der Waals surface area contributed by atoms with Gasteiger partial charge in [-0.15, -0.1) is 11.6 Å². The summed E-state index contributed by atoms with van der Waals surface area (Å²) in [4.78, 5) is 24.6. The second-order valence-corrected chi connectivity index (χ2v) is 4.57. The number of rotatable bonds is 2. The molecule has 0 aromatic heterocycles. The van der Waals surface area contributed by atoms with Crippen LogP contribution in [0.15, 0.2) is 18.2 Å². The van der Waals surface area contributed by atoms with Crippen LogP contribution in [-0.2, 0) is 16.0 Å². The topological polar surface area (TPSA) is 49.4 Å². The molecule has 0 atom stereocenters. The molecule has 1 aliphatic heterocycles. The first-order valence-electron chi connectivity index (χ1n) is 5.88. The first-order chi connectivity index (χ1) is 8.61. The monoisotopic (exact) mass is 266 g/mol. The zero-order valence-corrected chi connectivity index (χ0v) is 11.0. The molecule has 1 N–H and O–H groups in total. The summed E-state index contributed by atoms with van der Waals surface area (Å²) in [5, 5.41) is 2.69. The van der Waals surface area contributed by atoms with Crippen LogP contribution in [0.1, 0.15) is 18.9 Å². The van der Waals surface area contributed by atoms with Crippen molar-refractivity contribution in [1.29, 1.82) is 0 Å². The third kappa shape index (κ3) is 2.64. The summed E-state index contributed by atoms with van der Waals surface area (Å²) in [6.07, 6.45) is 1.93. The first kappa shape index (κ1) is 12.9. The van der Waals surface area contributed by atoms with Crippen LogP contribution in [0.25, 0.3) is 0 Å². The molecule has 1 aromatic carbocycles. The second-order valence-electron chi connectivity index (χ2n) is 4.30. The second kappa shape index (κ2) is 5.40. The molecule has 0 spiro atoms. The van der Waals surface area contributed by atoms with Gasteiger partial charge in [-0.2, -0.15) is 0 Å². The number of amides is 2. The average molecular weight is 267 g/mol. The van der Waals surface area contributed by atoms with Crippen molar-refractivity contribution >= 4 is 34.8 Å². The quantitative estimate of drug-likeness (QED) is 0.834. The number of hydrogen-bond donors (Lipinski definition) is 1. The fourth-order valence-corrected chi connectivity index (χ4v) is 2.24. The normalized spacial score (nSPS) is 14.0. The smallest absolute Gasteiger partial charge is 0.239 e. The number of hydrogen-bond acceptors (Lipinski definition) is 2. The number of fused-ring (bicyclic) bond motifs is 1. The molecule has 96 valence electrons. The van der Waals surface area contributed by atoms with Gasteiger partial charge in [0.2, 0.25) is 11.8 Å². The molecular weight excluding hydrogens is 252 g/mol. The van der Waals surface area contributed by atoms with E-state index < -0.39 is 0 Å². The number of carbonyl (C=O) groups excluding carboxylic acids is 2. The molecule has 1 heterocycles. The molecule has 18 heavy (non-hydrogen) atoms. The van der Waals surface area contributed by atoms with Gasteiger partial charge in [-0.1, -0.05) is 6.07 Å². The fraction of sp³-hybridized carbons (Fsp3) is 0.385. The minimum absolute atomic E-state index is 0.0248. The number of alkyl halides is 1. The van der Waals surface area contributed by atoms with Gasteiger partial charge in [0.1, 0.15) is 5.88 Å². The maximum absolute atomic E-state index is 11.6. The number of nitrogens with zero attached hydrogens (tertiary/aromatic N) is 1. The molecule has 1 aromatic rings. The lowest BCUT2D eigenvalue weighted by Crippen LogP contribution is -2.33. The maximum atomic E-state index is 11.6. The average Bonchev–Trinajstić information content (AvgIpc) is 2.37. The Morgan fingerprint density at radius 2 is 2.22 bits per heavy atom. The van der Waals surface area contributed by atoms with Gasteiger partial charge in [-0.25, -0.2) is 0 Å². The minimum Gasteiger partial charge on any atom is -0.325 e. The lowest BCUT2D eigenvalue weighted by molar-refractivity contribution is -0.116. The molecule has 0 radical (unpaired) electrons. The van der Waals surface area contributed by atoms with E-state index in [2.05, 4.69) is 5.32 Å². The molecule has 1 aliphatic rings. The van der Waals surface area contributed by atoms with Gasteiger partial charge in [0, 0.05) is 24.8 Å². The van der Waals surface area contributed by atoms with E-state index in [0.717, 1.165) is 30.6 Å². The van der Waals surface area contributed by atoms with Crippen LogP contribution >= 0.6 is 11.6 Å². The Bertz CT molecular complexity index is 488. The van der Waals surface area contributed by atoms with Crippen LogP contribution in [0.4, 0.5) is 11.4 Å². The van der Waals surface area contributed by atoms with Crippen molar-refractivity contribution in [2.75, 3.05) is 22.6 Å². The Morgan fingerprint density at radius 3 is 2.89 bits per heavy atom. The Balaban J connectivity index is 2.30. The number of halogens is 1. The predicted molar refractivity (Wildman–Crippen MR) is 72.1 cm³/mol. The van der Waals surface area contributed by atoms with Gasteiger partial charge in [-0.3, -0.25) is 9.59 Å². The van der Waals surface area contributed by atoms with Gasteiger partial charge in [-0.05, 0) is 30.5 Å². The fourth-order valence-electron chi connectivity index (χ4n) is 2.17. The molecule has 2 rings (SSSR count). The van der Waals surface area contributed by atoms with Crippen LogP contribution < -0.4 is 10.2 Å². The standard InChI is InChI=1S/C13H15ClN2O2/c1-9(17)16-6-2-3-10-4-5-11(7-12(10)16)15-13(18)8-14/h4-5,7H,2-3,6,8H2,1H3,(H,15,18). The lowest BCUT2D eigenvalue weighted by atomic mass is 10.0. The van der Waals surface area contributed by atoms with Crippen molar-refractivity contribution in [3.8, 4) is 0 Å². The number of anilines is 2. The van der Waals surface area contributed by atoms with Gasteiger partial charge in [0.15, 0.2) is 0 Å². The van der Waals surface area contributed by atoms with Crippen molar-refractivity contribution in [3.63, 3.8) is 0 Å². The zero-order valence-electron chi connectivity index (χ0n) is 10.2. The summed E-state index contributed by atoms with van der Waals surface area (Å²) in [6, 6.07) is 5.63. The third-order valence-corrected chi connectivity index (χ3v) is 3.23. The first-order valence-corrected chi connectivity index (χ1v) is 6.42. The van der Waals surface area contributed by atoms with E-state index in [9.17, 15) is 9.59 Å². The van der Waals surface area contributed by atoms with E-state index in [4.69, 9.17) is 11.6 Å². The van der Waals surface area contributed by atoms with E-state index >= 15 is 0 Å². The number of benzene rings is 1. The summed E-state index contributed by atoms with van der Waals surface area (Å²) >= 11 is 5.45. The molecular formula is C13H15ClN2O2. The lowest BCUT2D eigenvalue weighted by Gasteiger charge is -2.29. The van der Waals surface area contributed by atoms with Gasteiger partial charge in [0.05, 0.1) is 0 Å². The van der Waals surface area contributed by atoms with Gasteiger partial charge in [0.25, 0.3) is 0 Å². The SMILES string of the molecule is CC(=O)N1CCCc2ccc(NC(=O)CCl)cc21. The Hall–Kier alpha value is -1.55. The highest BCUT2D eigenvalue weighted by Crippen LogP contribution is 2.30. The third-order valence-electron chi connectivity index (χ3n) is 2.99. The van der Waals surface area contributed by atoms with Crippen molar-refractivity contribution in [2.45, 2.75) is 19.8 Å². The number of nitrogens with one attached hydrogen (secondary N) is 1. The molecule has 0 saturated heterocycles. The molecule has 0 unspecified atom stereocenters. The molecule has 4 nitrogen and oxygen atoms in total. The van der Waals surface area contributed by atoms with Crippen molar-refractivity contribution in [3.05, 3.63) is 23.8 Å². The Morgan fingerprint density at radius 1 is 1.44 bits per heavy atom. The molecule has 2 amide bonds. The van der Waals surface area contributed by atoms with E-state index in [1.807, 2.05) is 18.2 Å². The van der Waals surface area contributed by atoms with Crippen LogP contribution in [0.3, 0.4) is 0 Å². The molecule has 0 saturated carbocycles. The summed E-state index contributed by atoms with van der Waals surface area (Å²) in [6.45, 7) is 2.29. The van der Waals surface area contributed by atoms with Gasteiger partial charge >= 0.3 is 0 Å². The Kier molecular flexibility index (Phi) is 3.87. The van der Waals surface area contributed by atoms with E-state index in [1.165, 1.54) is 0 Å². The minimum atomic E-state index is -0.248. The van der Waals surface area contributed by atoms with Crippen LogP contribution in [0.5, 0.6) is 0 Å². The van der Waals surface area contributed by atoms with E-state index in [0.29, 0.717) is 5.69 Å². The zero-order chi connectivity index (χ0) is 13.1. The number of carbonyl (C=O) groups is 2. The van der Waals surface area contributed by atoms with Crippen LogP contribution in [0.2, 0.25) is 0 Å². The van der Waals surface area contributed by atoms with Gasteiger partial charge < -0.3 is 10.2 Å². The predicted octanol–water partition coefficient (Wildman–Crippen LogP) is 2.16. The van der Waals surface area contributed by atoms with E-state index in [1.54, 1.807) is 11.8 Å². The molecule has 0 bridgehead atoms. The summed E-state index contributed by atoms with van der Waals surface area (Å²) in [7, 11) is 0. The molecule has 5 heteroatoms. The van der Waals surface area contributed by atoms with E-state index in [-0.39, 0.29) is 17.7 Å². The maximum Gasteiger partial charge on any atom is 0.239 e. The highest BCUT2D eigenvalue weighted by molar-refractivity contribution is 6.29. The van der Waals surface area contributed by atoms with Crippen molar-refractivity contribution < 1.29 is 9.59 Å². The van der Waals surface area contributed by atoms with Crippen LogP contribution in [0, 0.1) is 0 Å². The summed E-state index contributed by atoms with van der Waals surface area (Å²) in [5.41, 5.74) is 2.70. The summed E-state index contributed by atoms with van der Waals surface area (Å²) < 4.78 is 0. The number of aryl methyl sites for hydroxylation is 1. The van der Waals surface area contributed by atoms with Crippen molar-refractivity contribution in [1.82, 2.24) is 0 Å². The molecule has 0 fully saturated rings. The largest absolute Gasteiger partial charge is 0.325 e. The highest BCUT2D eigenvalue weighted by atomic mass is 35.5. The molecule has 0 aliphatic carbocycles.